The van der Waals surface area contributed by atoms with Gasteiger partial charge in [0.05, 0.1) is 27.0 Å². The third-order valence-corrected chi connectivity index (χ3v) is 5.42. The van der Waals surface area contributed by atoms with Crippen LogP contribution >= 0.6 is 0 Å². The second kappa shape index (κ2) is 10.2. The number of aromatic nitrogens is 1. The molecule has 1 aromatic heterocycles. The number of fused-ring (bicyclic) bond motifs is 1. The highest BCUT2D eigenvalue weighted by molar-refractivity contribution is 5.67. The fraction of sp³-hybridized carbons (Fsp3) is 0.269. The third-order valence-electron chi connectivity index (χ3n) is 5.42. The summed E-state index contributed by atoms with van der Waals surface area (Å²) in [7, 11) is 4.96. The zero-order chi connectivity index (χ0) is 22.3. The molecule has 0 radical (unpaired) electrons. The Morgan fingerprint density at radius 2 is 1.84 bits per heavy atom. The van der Waals surface area contributed by atoms with Crippen molar-refractivity contribution in [1.82, 2.24) is 9.88 Å². The molecule has 0 amide bonds. The Balaban J connectivity index is 1.54. The second-order valence-corrected chi connectivity index (χ2v) is 7.49. The summed E-state index contributed by atoms with van der Waals surface area (Å²) in [4.78, 5) is 6.93. The number of rotatable bonds is 7. The first-order valence-electron chi connectivity index (χ1n) is 10.6. The molecule has 2 heterocycles. The van der Waals surface area contributed by atoms with E-state index in [0.29, 0.717) is 12.5 Å². The normalized spacial score (nSPS) is 13.8. The van der Waals surface area contributed by atoms with Gasteiger partial charge in [0.2, 0.25) is 5.88 Å². The van der Waals surface area contributed by atoms with Crippen LogP contribution in [0.25, 0.3) is 17.3 Å². The van der Waals surface area contributed by atoms with Gasteiger partial charge in [-0.3, -0.25) is 4.90 Å². The van der Waals surface area contributed by atoms with Crippen molar-refractivity contribution in [3.63, 3.8) is 0 Å². The number of nitrogens with zero attached hydrogens (tertiary/aromatic N) is 2. The molecule has 2 aromatic carbocycles. The molecule has 32 heavy (non-hydrogen) atoms. The van der Waals surface area contributed by atoms with Gasteiger partial charge in [0.1, 0.15) is 12.4 Å². The topological polar surface area (TPSA) is 53.1 Å². The van der Waals surface area contributed by atoms with Crippen molar-refractivity contribution in [2.75, 3.05) is 41.0 Å². The largest absolute Gasteiger partial charge is 0.497 e. The van der Waals surface area contributed by atoms with Crippen LogP contribution in [0.4, 0.5) is 0 Å². The molecule has 0 fully saturated rings. The molecule has 0 spiro atoms. The van der Waals surface area contributed by atoms with Crippen LogP contribution in [-0.2, 0) is 6.54 Å². The van der Waals surface area contributed by atoms with Gasteiger partial charge in [-0.25, -0.2) is 4.98 Å². The van der Waals surface area contributed by atoms with Crippen LogP contribution < -0.4 is 18.9 Å². The van der Waals surface area contributed by atoms with Gasteiger partial charge in [-0.15, -0.1) is 0 Å². The van der Waals surface area contributed by atoms with E-state index >= 15 is 0 Å². The van der Waals surface area contributed by atoms with Crippen LogP contribution in [0.1, 0.15) is 11.1 Å². The van der Waals surface area contributed by atoms with Crippen molar-refractivity contribution in [1.29, 1.82) is 0 Å². The lowest BCUT2D eigenvalue weighted by molar-refractivity contribution is 0.238. The van der Waals surface area contributed by atoms with Crippen LogP contribution in [0.3, 0.4) is 0 Å². The molecule has 1 aliphatic rings. The summed E-state index contributed by atoms with van der Waals surface area (Å²) in [6, 6.07) is 17.9. The van der Waals surface area contributed by atoms with Gasteiger partial charge in [-0.2, -0.15) is 0 Å². The fourth-order valence-electron chi connectivity index (χ4n) is 3.74. The average molecular weight is 433 g/mol. The predicted molar refractivity (Wildman–Crippen MR) is 126 cm³/mol. The lowest BCUT2D eigenvalue weighted by Gasteiger charge is -2.18. The fourth-order valence-corrected chi connectivity index (χ4v) is 3.74. The Kier molecular flexibility index (Phi) is 6.92. The summed E-state index contributed by atoms with van der Waals surface area (Å²) >= 11 is 0. The molecule has 0 saturated carbocycles. The zero-order valence-corrected chi connectivity index (χ0v) is 18.7. The van der Waals surface area contributed by atoms with E-state index in [2.05, 4.69) is 40.2 Å². The molecule has 0 aliphatic carbocycles. The molecule has 6 nitrogen and oxygen atoms in total. The van der Waals surface area contributed by atoms with Crippen molar-refractivity contribution in [3.05, 3.63) is 71.8 Å². The van der Waals surface area contributed by atoms with E-state index in [1.807, 2.05) is 36.4 Å². The van der Waals surface area contributed by atoms with Gasteiger partial charge >= 0.3 is 0 Å². The molecule has 1 aliphatic heterocycles. The Morgan fingerprint density at radius 1 is 1.00 bits per heavy atom. The SMILES string of the molecule is COc1ccc(/C=C/CN2CCOc3c(cc(-c4cccc(OC)n4)cc3OC)C2)cc1. The lowest BCUT2D eigenvalue weighted by atomic mass is 10.0. The smallest absolute Gasteiger partial charge is 0.213 e. The quantitative estimate of drug-likeness (QED) is 0.540. The second-order valence-electron chi connectivity index (χ2n) is 7.49. The van der Waals surface area contributed by atoms with Crippen LogP contribution in [-0.4, -0.2) is 50.9 Å². The summed E-state index contributed by atoms with van der Waals surface area (Å²) in [5.41, 5.74) is 4.03. The van der Waals surface area contributed by atoms with Gasteiger partial charge < -0.3 is 18.9 Å². The standard InChI is InChI=1S/C26H28N2O4/c1-29-22-11-9-19(10-12-22)6-5-13-28-14-15-32-26-21(18-28)16-20(17-24(26)30-2)23-7-4-8-25(27-23)31-3/h4-12,16-17H,13-15,18H2,1-3H3/b6-5+. The van der Waals surface area contributed by atoms with E-state index in [0.717, 1.165) is 59.3 Å². The number of hydrogen-bond donors (Lipinski definition) is 0. The molecule has 0 unspecified atom stereocenters. The molecule has 0 N–H and O–H groups in total. The predicted octanol–water partition coefficient (Wildman–Crippen LogP) is 4.68. The van der Waals surface area contributed by atoms with E-state index in [1.165, 1.54) is 0 Å². The van der Waals surface area contributed by atoms with Crippen LogP contribution in [0.5, 0.6) is 23.1 Å². The van der Waals surface area contributed by atoms with Gasteiger partial charge in [0.15, 0.2) is 11.5 Å². The van der Waals surface area contributed by atoms with Crippen molar-refractivity contribution >= 4 is 6.08 Å². The van der Waals surface area contributed by atoms with E-state index in [1.54, 1.807) is 21.3 Å². The summed E-state index contributed by atoms with van der Waals surface area (Å²) in [5, 5.41) is 0. The minimum absolute atomic E-state index is 0.581. The number of hydrogen-bond acceptors (Lipinski definition) is 6. The van der Waals surface area contributed by atoms with Crippen molar-refractivity contribution < 1.29 is 18.9 Å². The summed E-state index contributed by atoms with van der Waals surface area (Å²) in [5.74, 6) is 2.97. The molecular formula is C26H28N2O4. The highest BCUT2D eigenvalue weighted by atomic mass is 16.5. The molecule has 166 valence electrons. The average Bonchev–Trinajstić information content (AvgIpc) is 3.05. The van der Waals surface area contributed by atoms with E-state index in [-0.39, 0.29) is 0 Å². The first kappa shape index (κ1) is 21.7. The van der Waals surface area contributed by atoms with Gasteiger partial charge in [-0.05, 0) is 35.9 Å². The first-order chi connectivity index (χ1) is 15.7. The van der Waals surface area contributed by atoms with Crippen molar-refractivity contribution in [2.45, 2.75) is 6.54 Å². The minimum Gasteiger partial charge on any atom is -0.497 e. The molecule has 6 heteroatoms. The number of benzene rings is 2. The molecule has 4 rings (SSSR count). The molecule has 0 bridgehead atoms. The zero-order valence-electron chi connectivity index (χ0n) is 18.7. The van der Waals surface area contributed by atoms with E-state index in [9.17, 15) is 0 Å². The Hall–Kier alpha value is -3.51. The number of pyridine rings is 1. The maximum atomic E-state index is 6.08. The lowest BCUT2D eigenvalue weighted by Crippen LogP contribution is -2.25. The van der Waals surface area contributed by atoms with Gasteiger partial charge in [0.25, 0.3) is 0 Å². The summed E-state index contributed by atoms with van der Waals surface area (Å²) < 4.78 is 22.2. The molecule has 0 saturated heterocycles. The minimum atomic E-state index is 0.581. The maximum absolute atomic E-state index is 6.08. The van der Waals surface area contributed by atoms with Gasteiger partial charge in [0, 0.05) is 36.8 Å². The number of ether oxygens (including phenoxy) is 4. The highest BCUT2D eigenvalue weighted by Gasteiger charge is 2.20. The Labute approximate surface area is 189 Å². The van der Waals surface area contributed by atoms with Crippen LogP contribution in [0.2, 0.25) is 0 Å². The van der Waals surface area contributed by atoms with Crippen molar-refractivity contribution in [3.8, 4) is 34.4 Å². The Bertz CT molecular complexity index is 1080. The summed E-state index contributed by atoms with van der Waals surface area (Å²) in [6.07, 6.45) is 4.31. The monoisotopic (exact) mass is 432 g/mol. The maximum Gasteiger partial charge on any atom is 0.213 e. The number of methoxy groups -OCH3 is 3. The van der Waals surface area contributed by atoms with Crippen molar-refractivity contribution in [2.24, 2.45) is 0 Å². The van der Waals surface area contributed by atoms with Crippen LogP contribution in [0, 0.1) is 0 Å². The van der Waals surface area contributed by atoms with E-state index in [4.69, 9.17) is 18.9 Å². The highest BCUT2D eigenvalue weighted by Crippen LogP contribution is 2.38. The Morgan fingerprint density at radius 3 is 2.59 bits per heavy atom. The summed E-state index contributed by atoms with van der Waals surface area (Å²) in [6.45, 7) is 3.02. The third kappa shape index (κ3) is 5.03. The van der Waals surface area contributed by atoms with Gasteiger partial charge in [-0.1, -0.05) is 30.4 Å². The molecular weight excluding hydrogens is 404 g/mol. The molecule has 3 aromatic rings. The van der Waals surface area contributed by atoms with E-state index < -0.39 is 0 Å². The first-order valence-corrected chi connectivity index (χ1v) is 10.6. The van der Waals surface area contributed by atoms with Crippen LogP contribution in [0.15, 0.2) is 60.7 Å². The molecule has 0 atom stereocenters.